The Kier molecular flexibility index (Phi) is 3.48. The Bertz CT molecular complexity index is 697. The number of amides is 1. The summed E-state index contributed by atoms with van der Waals surface area (Å²) in [6, 6.07) is 3.96. The Morgan fingerprint density at radius 3 is 2.77 bits per heavy atom. The van der Waals surface area contributed by atoms with Crippen molar-refractivity contribution in [2.75, 3.05) is 13.1 Å². The average Bonchev–Trinajstić information content (AvgIpc) is 3.23. The van der Waals surface area contributed by atoms with Crippen LogP contribution in [0.25, 0.3) is 0 Å². The molecule has 4 heterocycles. The summed E-state index contributed by atoms with van der Waals surface area (Å²) in [7, 11) is 0. The topological polar surface area (TPSA) is 51.0 Å². The fraction of sp³-hybridized carbons (Fsp3) is 0.562. The first kappa shape index (κ1) is 13.9. The first-order valence-corrected chi connectivity index (χ1v) is 8.81. The third kappa shape index (κ3) is 2.35. The molecule has 0 radical (unpaired) electrons. The molecule has 1 saturated heterocycles. The number of nitrogens with zero attached hydrogens (tertiary/aromatic N) is 4. The second-order valence-corrected chi connectivity index (χ2v) is 7.49. The van der Waals surface area contributed by atoms with Crippen LogP contribution in [0.4, 0.5) is 0 Å². The van der Waals surface area contributed by atoms with Crippen LogP contribution in [0.3, 0.4) is 0 Å². The predicted molar refractivity (Wildman–Crippen MR) is 85.3 cm³/mol. The van der Waals surface area contributed by atoms with E-state index in [0.29, 0.717) is 5.92 Å². The van der Waals surface area contributed by atoms with Gasteiger partial charge in [0.1, 0.15) is 11.6 Å². The van der Waals surface area contributed by atoms with Crippen molar-refractivity contribution < 1.29 is 4.79 Å². The smallest absolute Gasteiger partial charge is 0.263 e. The highest BCUT2D eigenvalue weighted by atomic mass is 32.1. The molecule has 116 valence electrons. The number of aryl methyl sites for hydroxylation is 2. The standard InChI is InChI=1S/C16H20N4OS/c1-11-4-5-13(22-11)16(21)19-9-6-12(7-10-19)15-18-17-14-3-2-8-20(14)15/h4-5,12H,2-3,6-10H2,1H3. The van der Waals surface area contributed by atoms with Crippen LogP contribution in [0, 0.1) is 6.92 Å². The molecule has 2 aromatic heterocycles. The quantitative estimate of drug-likeness (QED) is 0.856. The van der Waals surface area contributed by atoms with E-state index in [0.717, 1.165) is 55.4 Å². The number of fused-ring (bicyclic) bond motifs is 1. The summed E-state index contributed by atoms with van der Waals surface area (Å²) in [5.41, 5.74) is 0. The summed E-state index contributed by atoms with van der Waals surface area (Å²) < 4.78 is 2.30. The highest BCUT2D eigenvalue weighted by Crippen LogP contribution is 2.30. The molecule has 0 N–H and O–H groups in total. The van der Waals surface area contributed by atoms with Gasteiger partial charge in [0.25, 0.3) is 5.91 Å². The van der Waals surface area contributed by atoms with E-state index in [1.54, 1.807) is 11.3 Å². The normalized spacial score (nSPS) is 18.7. The van der Waals surface area contributed by atoms with E-state index < -0.39 is 0 Å². The number of aromatic nitrogens is 3. The second-order valence-electron chi connectivity index (χ2n) is 6.21. The summed E-state index contributed by atoms with van der Waals surface area (Å²) in [4.78, 5) is 16.5. The van der Waals surface area contributed by atoms with Crippen LogP contribution in [-0.4, -0.2) is 38.7 Å². The fourth-order valence-corrected chi connectivity index (χ4v) is 4.36. The van der Waals surface area contributed by atoms with Gasteiger partial charge < -0.3 is 9.47 Å². The fourth-order valence-electron chi connectivity index (χ4n) is 3.52. The number of rotatable bonds is 2. The van der Waals surface area contributed by atoms with Crippen LogP contribution in [0.2, 0.25) is 0 Å². The molecule has 2 aromatic rings. The van der Waals surface area contributed by atoms with Gasteiger partial charge in [-0.15, -0.1) is 21.5 Å². The molecule has 1 fully saturated rings. The Morgan fingerprint density at radius 1 is 1.23 bits per heavy atom. The van der Waals surface area contributed by atoms with Gasteiger partial charge in [0, 0.05) is 36.9 Å². The van der Waals surface area contributed by atoms with Gasteiger partial charge in [-0.1, -0.05) is 0 Å². The number of carbonyl (C=O) groups excluding carboxylic acids is 1. The minimum Gasteiger partial charge on any atom is -0.338 e. The van der Waals surface area contributed by atoms with Crippen LogP contribution >= 0.6 is 11.3 Å². The number of likely N-dealkylation sites (tertiary alicyclic amines) is 1. The van der Waals surface area contributed by atoms with E-state index in [9.17, 15) is 4.79 Å². The van der Waals surface area contributed by atoms with Crippen molar-refractivity contribution in [1.29, 1.82) is 0 Å². The molecule has 4 rings (SSSR count). The van der Waals surface area contributed by atoms with Crippen molar-refractivity contribution in [3.05, 3.63) is 33.5 Å². The average molecular weight is 316 g/mol. The molecular formula is C16H20N4OS. The van der Waals surface area contributed by atoms with E-state index in [4.69, 9.17) is 0 Å². The summed E-state index contributed by atoms with van der Waals surface area (Å²) >= 11 is 1.59. The van der Waals surface area contributed by atoms with Crippen LogP contribution < -0.4 is 0 Å². The molecule has 0 atom stereocenters. The number of hydrogen-bond acceptors (Lipinski definition) is 4. The predicted octanol–water partition coefficient (Wildman–Crippen LogP) is 2.61. The molecule has 2 aliphatic rings. The van der Waals surface area contributed by atoms with Gasteiger partial charge in [0.15, 0.2) is 0 Å². The van der Waals surface area contributed by atoms with Crippen LogP contribution in [-0.2, 0) is 13.0 Å². The van der Waals surface area contributed by atoms with Gasteiger partial charge in [0.2, 0.25) is 0 Å². The third-order valence-electron chi connectivity index (χ3n) is 4.74. The summed E-state index contributed by atoms with van der Waals surface area (Å²) in [5.74, 6) is 2.92. The van der Waals surface area contributed by atoms with E-state index in [1.807, 2.05) is 24.0 Å². The van der Waals surface area contributed by atoms with Crippen LogP contribution in [0.1, 0.15) is 51.4 Å². The molecule has 6 heteroatoms. The largest absolute Gasteiger partial charge is 0.338 e. The Morgan fingerprint density at radius 2 is 2.05 bits per heavy atom. The summed E-state index contributed by atoms with van der Waals surface area (Å²) in [5, 5.41) is 8.71. The lowest BCUT2D eigenvalue weighted by atomic mass is 9.95. The van der Waals surface area contributed by atoms with Crippen LogP contribution in [0.5, 0.6) is 0 Å². The maximum Gasteiger partial charge on any atom is 0.263 e. The lowest BCUT2D eigenvalue weighted by molar-refractivity contribution is 0.0715. The molecule has 1 amide bonds. The zero-order valence-corrected chi connectivity index (χ0v) is 13.6. The lowest BCUT2D eigenvalue weighted by Crippen LogP contribution is -2.38. The van der Waals surface area contributed by atoms with Gasteiger partial charge in [-0.2, -0.15) is 0 Å². The van der Waals surface area contributed by atoms with Crippen molar-refractivity contribution in [2.24, 2.45) is 0 Å². The van der Waals surface area contributed by atoms with Gasteiger partial charge >= 0.3 is 0 Å². The van der Waals surface area contributed by atoms with E-state index >= 15 is 0 Å². The van der Waals surface area contributed by atoms with E-state index in [2.05, 4.69) is 14.8 Å². The molecule has 0 aliphatic carbocycles. The minimum atomic E-state index is 0.183. The van der Waals surface area contributed by atoms with Gasteiger partial charge in [0.05, 0.1) is 4.88 Å². The Hall–Kier alpha value is -1.69. The van der Waals surface area contributed by atoms with Crippen molar-refractivity contribution in [1.82, 2.24) is 19.7 Å². The summed E-state index contributed by atoms with van der Waals surface area (Å²) in [6.07, 6.45) is 4.23. The van der Waals surface area contributed by atoms with E-state index in [-0.39, 0.29) is 5.91 Å². The zero-order chi connectivity index (χ0) is 15.1. The first-order valence-electron chi connectivity index (χ1n) is 8.00. The molecule has 0 saturated carbocycles. The maximum atomic E-state index is 12.5. The van der Waals surface area contributed by atoms with Crippen LogP contribution in [0.15, 0.2) is 12.1 Å². The first-order chi connectivity index (χ1) is 10.7. The minimum absolute atomic E-state index is 0.183. The number of carbonyl (C=O) groups is 1. The molecule has 0 spiro atoms. The molecular weight excluding hydrogens is 296 g/mol. The Balaban J connectivity index is 1.43. The molecule has 0 bridgehead atoms. The van der Waals surface area contributed by atoms with Crippen molar-refractivity contribution in [3.63, 3.8) is 0 Å². The Labute approximate surface area is 134 Å². The lowest BCUT2D eigenvalue weighted by Gasteiger charge is -2.31. The SMILES string of the molecule is Cc1ccc(C(=O)N2CCC(c3nnc4n3CCC4)CC2)s1. The number of piperidine rings is 1. The van der Waals surface area contributed by atoms with Gasteiger partial charge in [-0.3, -0.25) is 4.79 Å². The van der Waals surface area contributed by atoms with Crippen molar-refractivity contribution in [2.45, 2.75) is 45.1 Å². The van der Waals surface area contributed by atoms with Gasteiger partial charge in [-0.25, -0.2) is 0 Å². The molecule has 22 heavy (non-hydrogen) atoms. The van der Waals surface area contributed by atoms with E-state index in [1.165, 1.54) is 11.3 Å². The monoisotopic (exact) mass is 316 g/mol. The number of hydrogen-bond donors (Lipinski definition) is 0. The highest BCUT2D eigenvalue weighted by Gasteiger charge is 2.29. The van der Waals surface area contributed by atoms with Crippen molar-refractivity contribution in [3.8, 4) is 0 Å². The van der Waals surface area contributed by atoms with Crippen molar-refractivity contribution >= 4 is 17.2 Å². The molecule has 0 unspecified atom stereocenters. The molecule has 2 aliphatic heterocycles. The highest BCUT2D eigenvalue weighted by molar-refractivity contribution is 7.13. The zero-order valence-electron chi connectivity index (χ0n) is 12.8. The third-order valence-corrected chi connectivity index (χ3v) is 5.73. The summed E-state index contributed by atoms with van der Waals surface area (Å²) in [6.45, 7) is 4.75. The van der Waals surface area contributed by atoms with Gasteiger partial charge in [-0.05, 0) is 38.3 Å². The molecule has 0 aromatic carbocycles. The second kappa shape index (κ2) is 5.50. The number of thiophene rings is 1. The molecule has 5 nitrogen and oxygen atoms in total. The maximum absolute atomic E-state index is 12.5.